The maximum Gasteiger partial charge on any atom is 0.272 e. The Kier molecular flexibility index (Phi) is 4.14. The lowest BCUT2D eigenvalue weighted by Gasteiger charge is -2.32. The van der Waals surface area contributed by atoms with Crippen LogP contribution < -0.4 is 15.6 Å². The molecule has 2 N–H and O–H groups in total. The number of ether oxygens (including phenoxy) is 1. The number of aromatic nitrogens is 2. The van der Waals surface area contributed by atoms with Gasteiger partial charge in [0.05, 0.1) is 12.6 Å². The van der Waals surface area contributed by atoms with Crippen molar-refractivity contribution in [1.29, 1.82) is 0 Å². The van der Waals surface area contributed by atoms with Crippen molar-refractivity contribution >= 4 is 5.91 Å². The number of carbonyl (C=O) groups excluding carboxylic acids is 1. The van der Waals surface area contributed by atoms with Crippen molar-refractivity contribution in [1.82, 2.24) is 15.5 Å². The minimum Gasteiger partial charge on any atom is -0.496 e. The molecule has 3 rings (SSSR count). The summed E-state index contributed by atoms with van der Waals surface area (Å²) in [6, 6.07) is 10.5. The van der Waals surface area contributed by atoms with Gasteiger partial charge in [-0.3, -0.25) is 9.59 Å². The maximum absolute atomic E-state index is 12.6. The predicted molar refractivity (Wildman–Crippen MR) is 85.5 cm³/mol. The third kappa shape index (κ3) is 2.97. The minimum absolute atomic E-state index is 0.200. The van der Waals surface area contributed by atoms with Gasteiger partial charge in [-0.1, -0.05) is 31.0 Å². The van der Waals surface area contributed by atoms with Crippen molar-refractivity contribution in [3.8, 4) is 5.75 Å². The average Bonchev–Trinajstić information content (AvgIpc) is 3.05. The van der Waals surface area contributed by atoms with Gasteiger partial charge >= 0.3 is 0 Å². The molecule has 120 valence electrons. The number of aromatic amines is 1. The topological polar surface area (TPSA) is 84.1 Å². The van der Waals surface area contributed by atoms with Crippen LogP contribution in [0.1, 0.15) is 41.7 Å². The summed E-state index contributed by atoms with van der Waals surface area (Å²) in [4.78, 5) is 23.6. The van der Waals surface area contributed by atoms with Crippen molar-refractivity contribution in [2.45, 2.75) is 31.2 Å². The Morgan fingerprint density at radius 2 is 1.96 bits per heavy atom. The molecule has 1 amide bonds. The van der Waals surface area contributed by atoms with Gasteiger partial charge in [0.15, 0.2) is 0 Å². The molecule has 23 heavy (non-hydrogen) atoms. The van der Waals surface area contributed by atoms with Gasteiger partial charge < -0.3 is 10.1 Å². The van der Waals surface area contributed by atoms with E-state index in [2.05, 4.69) is 15.5 Å². The molecule has 1 fully saturated rings. The van der Waals surface area contributed by atoms with Gasteiger partial charge in [-0.25, -0.2) is 5.10 Å². The number of amides is 1. The van der Waals surface area contributed by atoms with E-state index < -0.39 is 5.54 Å². The van der Waals surface area contributed by atoms with Crippen molar-refractivity contribution in [2.24, 2.45) is 0 Å². The van der Waals surface area contributed by atoms with Crippen molar-refractivity contribution < 1.29 is 9.53 Å². The van der Waals surface area contributed by atoms with Crippen LogP contribution in [-0.4, -0.2) is 23.2 Å². The lowest BCUT2D eigenvalue weighted by atomic mass is 9.87. The van der Waals surface area contributed by atoms with E-state index in [4.69, 9.17) is 4.74 Å². The van der Waals surface area contributed by atoms with Gasteiger partial charge in [0.2, 0.25) is 0 Å². The quantitative estimate of drug-likeness (QED) is 0.904. The van der Waals surface area contributed by atoms with E-state index in [1.807, 2.05) is 24.3 Å². The molecule has 0 bridgehead atoms. The van der Waals surface area contributed by atoms with Gasteiger partial charge in [0, 0.05) is 11.6 Å². The van der Waals surface area contributed by atoms with E-state index in [9.17, 15) is 9.59 Å². The summed E-state index contributed by atoms with van der Waals surface area (Å²) in [6.45, 7) is 0. The zero-order chi connectivity index (χ0) is 16.3. The Labute approximate surface area is 133 Å². The summed E-state index contributed by atoms with van der Waals surface area (Å²) in [5, 5.41) is 9.21. The van der Waals surface area contributed by atoms with E-state index in [0.717, 1.165) is 37.0 Å². The van der Waals surface area contributed by atoms with E-state index in [1.54, 1.807) is 7.11 Å². The highest BCUT2D eigenvalue weighted by Crippen LogP contribution is 2.42. The van der Waals surface area contributed by atoms with Gasteiger partial charge in [0.25, 0.3) is 11.5 Å². The van der Waals surface area contributed by atoms with E-state index in [0.29, 0.717) is 0 Å². The zero-order valence-corrected chi connectivity index (χ0v) is 13.0. The van der Waals surface area contributed by atoms with Gasteiger partial charge in [-0.15, -0.1) is 0 Å². The number of hydrogen-bond donors (Lipinski definition) is 2. The highest BCUT2D eigenvalue weighted by Gasteiger charge is 2.39. The highest BCUT2D eigenvalue weighted by molar-refractivity contribution is 5.92. The SMILES string of the molecule is COc1ccccc1C1(NC(=O)c2ccc(=O)[nH]n2)CCCC1. The Morgan fingerprint density at radius 1 is 1.22 bits per heavy atom. The summed E-state index contributed by atoms with van der Waals surface area (Å²) in [5.74, 6) is 0.471. The van der Waals surface area contributed by atoms with Crippen molar-refractivity contribution in [3.05, 3.63) is 58.0 Å². The Balaban J connectivity index is 1.94. The van der Waals surface area contributed by atoms with Gasteiger partial charge in [-0.05, 0) is 25.0 Å². The molecule has 1 aromatic carbocycles. The Morgan fingerprint density at radius 3 is 2.61 bits per heavy atom. The lowest BCUT2D eigenvalue weighted by Crippen LogP contribution is -2.44. The molecule has 1 saturated carbocycles. The monoisotopic (exact) mass is 313 g/mol. The molecule has 1 aliphatic carbocycles. The first-order valence-electron chi connectivity index (χ1n) is 7.66. The summed E-state index contributed by atoms with van der Waals surface area (Å²) >= 11 is 0. The first kappa shape index (κ1) is 15.3. The van der Waals surface area contributed by atoms with Crippen molar-refractivity contribution in [2.75, 3.05) is 7.11 Å². The molecule has 6 heteroatoms. The predicted octanol–water partition coefficient (Wildman–Crippen LogP) is 1.98. The Bertz CT molecular complexity index is 743. The van der Waals surface area contributed by atoms with Crippen molar-refractivity contribution in [3.63, 3.8) is 0 Å². The molecule has 0 radical (unpaired) electrons. The van der Waals surface area contributed by atoms with Crippen LogP contribution in [0.5, 0.6) is 5.75 Å². The molecule has 0 saturated heterocycles. The Hall–Kier alpha value is -2.63. The molecule has 0 atom stereocenters. The van der Waals surface area contributed by atoms with Crippen LogP contribution in [0.2, 0.25) is 0 Å². The molecule has 0 spiro atoms. The third-order valence-electron chi connectivity index (χ3n) is 4.34. The summed E-state index contributed by atoms with van der Waals surface area (Å²) in [7, 11) is 1.63. The fourth-order valence-corrected chi connectivity index (χ4v) is 3.23. The number of nitrogens with zero attached hydrogens (tertiary/aromatic N) is 1. The zero-order valence-electron chi connectivity index (χ0n) is 13.0. The van der Waals surface area contributed by atoms with E-state index >= 15 is 0 Å². The molecule has 0 aliphatic heterocycles. The number of carbonyl (C=O) groups is 1. The van der Waals surface area contributed by atoms with Crippen LogP contribution in [0.15, 0.2) is 41.2 Å². The van der Waals surface area contributed by atoms with Crippen LogP contribution in [0.4, 0.5) is 0 Å². The fourth-order valence-electron chi connectivity index (χ4n) is 3.23. The minimum atomic E-state index is -0.457. The average molecular weight is 313 g/mol. The normalized spacial score (nSPS) is 16.0. The number of methoxy groups -OCH3 is 1. The van der Waals surface area contributed by atoms with Crippen LogP contribution in [0.3, 0.4) is 0 Å². The largest absolute Gasteiger partial charge is 0.496 e. The van der Waals surface area contributed by atoms with Crippen LogP contribution >= 0.6 is 0 Å². The molecule has 6 nitrogen and oxygen atoms in total. The standard InChI is InChI=1S/C17H19N3O3/c1-23-14-7-3-2-6-12(14)17(10-4-5-11-17)18-16(22)13-8-9-15(21)20-19-13/h2-3,6-9H,4-5,10-11H2,1H3,(H,18,22)(H,20,21). The fraction of sp³-hybridized carbons (Fsp3) is 0.353. The van der Waals surface area contributed by atoms with Gasteiger partial charge in [0.1, 0.15) is 11.4 Å². The van der Waals surface area contributed by atoms with Crippen LogP contribution in [0.25, 0.3) is 0 Å². The van der Waals surface area contributed by atoms with E-state index in [1.165, 1.54) is 12.1 Å². The summed E-state index contributed by atoms with van der Waals surface area (Å²) in [5.41, 5.74) is 0.395. The number of para-hydroxylation sites is 1. The maximum atomic E-state index is 12.6. The number of rotatable bonds is 4. The first-order chi connectivity index (χ1) is 11.1. The second-order valence-electron chi connectivity index (χ2n) is 5.75. The molecular weight excluding hydrogens is 294 g/mol. The number of hydrogen-bond acceptors (Lipinski definition) is 4. The molecule has 1 aliphatic rings. The molecule has 1 aromatic heterocycles. The summed E-state index contributed by atoms with van der Waals surface area (Å²) in [6.07, 6.45) is 3.78. The van der Waals surface area contributed by atoms with E-state index in [-0.39, 0.29) is 17.2 Å². The third-order valence-corrected chi connectivity index (χ3v) is 4.34. The van der Waals surface area contributed by atoms with Crippen LogP contribution in [0, 0.1) is 0 Å². The van der Waals surface area contributed by atoms with Crippen LogP contribution in [-0.2, 0) is 5.54 Å². The number of H-pyrrole nitrogens is 1. The molecule has 1 heterocycles. The second kappa shape index (κ2) is 6.24. The number of nitrogens with one attached hydrogen (secondary N) is 2. The molecule has 0 unspecified atom stereocenters. The smallest absolute Gasteiger partial charge is 0.272 e. The number of benzene rings is 1. The second-order valence-corrected chi connectivity index (χ2v) is 5.75. The molecule has 2 aromatic rings. The van der Waals surface area contributed by atoms with Gasteiger partial charge in [-0.2, -0.15) is 5.10 Å². The first-order valence-corrected chi connectivity index (χ1v) is 7.66. The highest BCUT2D eigenvalue weighted by atomic mass is 16.5. The molecular formula is C17H19N3O3. The lowest BCUT2D eigenvalue weighted by molar-refractivity contribution is 0.0890. The summed E-state index contributed by atoms with van der Waals surface area (Å²) < 4.78 is 5.47.